The van der Waals surface area contributed by atoms with Gasteiger partial charge >= 0.3 is 6.16 Å². The molecule has 1 aliphatic rings. The van der Waals surface area contributed by atoms with Gasteiger partial charge in [-0.3, -0.25) is 0 Å². The van der Waals surface area contributed by atoms with Crippen LogP contribution in [0.15, 0.2) is 0 Å². The molecule has 0 unspecified atom stereocenters. The second-order valence-corrected chi connectivity index (χ2v) is 4.47. The summed E-state index contributed by atoms with van der Waals surface area (Å²) < 4.78 is 10.4. The summed E-state index contributed by atoms with van der Waals surface area (Å²) in [6.07, 6.45) is -0.658. The van der Waals surface area contributed by atoms with Gasteiger partial charge in [0, 0.05) is 0 Å². The van der Waals surface area contributed by atoms with E-state index in [0.717, 1.165) is 0 Å². The highest BCUT2D eigenvalue weighted by Crippen LogP contribution is 2.37. The monoisotopic (exact) mass is 186 g/mol. The van der Waals surface area contributed by atoms with Crippen LogP contribution in [0.5, 0.6) is 0 Å². The van der Waals surface area contributed by atoms with Crippen molar-refractivity contribution in [3.63, 3.8) is 0 Å². The third-order valence-corrected chi connectivity index (χ3v) is 2.84. The summed E-state index contributed by atoms with van der Waals surface area (Å²) in [6, 6.07) is 0. The number of ether oxygens (including phenoxy) is 2. The van der Waals surface area contributed by atoms with Crippen molar-refractivity contribution >= 4 is 6.16 Å². The fourth-order valence-corrected chi connectivity index (χ4v) is 1.73. The van der Waals surface area contributed by atoms with Crippen molar-refractivity contribution in [3.05, 3.63) is 0 Å². The first-order chi connectivity index (χ1) is 5.88. The van der Waals surface area contributed by atoms with E-state index >= 15 is 0 Å². The van der Waals surface area contributed by atoms with Gasteiger partial charge in [-0.15, -0.1) is 0 Å². The van der Waals surface area contributed by atoms with E-state index < -0.39 is 11.8 Å². The third-order valence-electron chi connectivity index (χ3n) is 2.84. The molecule has 0 N–H and O–H groups in total. The van der Waals surface area contributed by atoms with Gasteiger partial charge in [-0.05, 0) is 18.8 Å². The summed E-state index contributed by atoms with van der Waals surface area (Å²) in [4.78, 5) is 11.0. The number of hydrogen-bond acceptors (Lipinski definition) is 3. The highest BCUT2D eigenvalue weighted by atomic mass is 16.8. The zero-order valence-corrected chi connectivity index (χ0v) is 8.96. The van der Waals surface area contributed by atoms with Gasteiger partial charge in [0.25, 0.3) is 0 Å². The summed E-state index contributed by atoms with van der Waals surface area (Å²) in [5.74, 6) is 0.560. The van der Waals surface area contributed by atoms with Crippen molar-refractivity contribution in [1.82, 2.24) is 0 Å². The number of rotatable bonds is 2. The van der Waals surface area contributed by atoms with Crippen LogP contribution in [0.3, 0.4) is 0 Å². The predicted molar refractivity (Wildman–Crippen MR) is 49.4 cm³/mol. The molecule has 1 rings (SSSR count). The Labute approximate surface area is 79.4 Å². The lowest BCUT2D eigenvalue weighted by molar-refractivity contribution is -0.0135. The molecule has 0 saturated carbocycles. The highest BCUT2D eigenvalue weighted by Gasteiger charge is 2.50. The highest BCUT2D eigenvalue weighted by molar-refractivity contribution is 5.63. The van der Waals surface area contributed by atoms with Gasteiger partial charge < -0.3 is 9.47 Å². The third kappa shape index (κ3) is 1.64. The quantitative estimate of drug-likeness (QED) is 0.622. The Morgan fingerprint density at radius 2 is 1.85 bits per heavy atom. The Morgan fingerprint density at radius 1 is 1.31 bits per heavy atom. The summed E-state index contributed by atoms with van der Waals surface area (Å²) in [5, 5.41) is 0. The lowest BCUT2D eigenvalue weighted by Gasteiger charge is -2.32. The van der Waals surface area contributed by atoms with Gasteiger partial charge in [-0.1, -0.05) is 27.7 Å². The molecule has 13 heavy (non-hydrogen) atoms. The SMILES string of the molecule is CC(C)[C@@H]1OC(=O)O[C@]1(C)C(C)C. The summed E-state index contributed by atoms with van der Waals surface area (Å²) >= 11 is 0. The molecule has 3 nitrogen and oxygen atoms in total. The molecule has 1 saturated heterocycles. The van der Waals surface area contributed by atoms with Crippen molar-refractivity contribution in [2.24, 2.45) is 11.8 Å². The molecular weight excluding hydrogens is 168 g/mol. The van der Waals surface area contributed by atoms with Crippen LogP contribution in [0.1, 0.15) is 34.6 Å². The van der Waals surface area contributed by atoms with Crippen molar-refractivity contribution in [3.8, 4) is 0 Å². The van der Waals surface area contributed by atoms with E-state index in [9.17, 15) is 4.79 Å². The van der Waals surface area contributed by atoms with Crippen LogP contribution < -0.4 is 0 Å². The molecule has 3 heteroatoms. The molecule has 0 aromatic heterocycles. The molecule has 0 radical (unpaired) electrons. The van der Waals surface area contributed by atoms with Crippen molar-refractivity contribution in [2.45, 2.75) is 46.3 Å². The number of hydrogen-bond donors (Lipinski definition) is 0. The summed E-state index contributed by atoms with van der Waals surface area (Å²) in [7, 11) is 0. The largest absolute Gasteiger partial charge is 0.509 e. The number of carbonyl (C=O) groups is 1. The number of cyclic esters (lactones) is 2. The van der Waals surface area contributed by atoms with E-state index in [1.54, 1.807) is 0 Å². The summed E-state index contributed by atoms with van der Waals surface area (Å²) in [5.41, 5.74) is -0.467. The molecule has 0 aromatic rings. The van der Waals surface area contributed by atoms with Crippen LogP contribution in [0.25, 0.3) is 0 Å². The molecule has 1 fully saturated rings. The molecule has 0 amide bonds. The second-order valence-electron chi connectivity index (χ2n) is 4.47. The Kier molecular flexibility index (Phi) is 2.55. The average molecular weight is 186 g/mol. The van der Waals surface area contributed by atoms with E-state index in [0.29, 0.717) is 5.92 Å². The molecule has 2 atom stereocenters. The van der Waals surface area contributed by atoms with E-state index in [-0.39, 0.29) is 12.0 Å². The topological polar surface area (TPSA) is 35.5 Å². The molecule has 0 aromatic carbocycles. The predicted octanol–water partition coefficient (Wildman–Crippen LogP) is 2.59. The average Bonchev–Trinajstić information content (AvgIpc) is 2.27. The molecule has 1 aliphatic heterocycles. The van der Waals surface area contributed by atoms with Crippen LogP contribution in [0.2, 0.25) is 0 Å². The van der Waals surface area contributed by atoms with Crippen LogP contribution >= 0.6 is 0 Å². The molecule has 76 valence electrons. The van der Waals surface area contributed by atoms with Gasteiger partial charge in [0.2, 0.25) is 0 Å². The van der Waals surface area contributed by atoms with Crippen LogP contribution in [-0.2, 0) is 9.47 Å². The maximum absolute atomic E-state index is 11.0. The van der Waals surface area contributed by atoms with Crippen LogP contribution in [0, 0.1) is 11.8 Å². The lowest BCUT2D eigenvalue weighted by atomic mass is 9.82. The van der Waals surface area contributed by atoms with E-state index in [4.69, 9.17) is 9.47 Å². The number of carbonyl (C=O) groups excluding carboxylic acids is 1. The lowest BCUT2D eigenvalue weighted by Crippen LogP contribution is -2.44. The minimum Gasteiger partial charge on any atom is -0.426 e. The van der Waals surface area contributed by atoms with Gasteiger partial charge in [0.15, 0.2) is 5.60 Å². The van der Waals surface area contributed by atoms with Crippen LogP contribution in [-0.4, -0.2) is 17.9 Å². The van der Waals surface area contributed by atoms with Gasteiger partial charge in [0.1, 0.15) is 6.10 Å². The zero-order valence-electron chi connectivity index (χ0n) is 8.96. The first-order valence-electron chi connectivity index (χ1n) is 4.77. The zero-order chi connectivity index (χ0) is 10.2. The Hall–Kier alpha value is -0.730. The molecule has 0 aliphatic carbocycles. The van der Waals surface area contributed by atoms with Crippen molar-refractivity contribution in [2.75, 3.05) is 0 Å². The Bertz CT molecular complexity index is 210. The fraction of sp³-hybridized carbons (Fsp3) is 0.900. The van der Waals surface area contributed by atoms with Gasteiger partial charge in [-0.25, -0.2) is 4.79 Å². The van der Waals surface area contributed by atoms with Gasteiger partial charge in [-0.2, -0.15) is 0 Å². The molecular formula is C10H18O3. The van der Waals surface area contributed by atoms with Gasteiger partial charge in [0.05, 0.1) is 0 Å². The first-order valence-corrected chi connectivity index (χ1v) is 4.77. The minimum atomic E-state index is -0.532. The maximum atomic E-state index is 11.0. The van der Waals surface area contributed by atoms with Crippen molar-refractivity contribution in [1.29, 1.82) is 0 Å². The molecule has 0 bridgehead atoms. The van der Waals surface area contributed by atoms with Crippen LogP contribution in [0.4, 0.5) is 4.79 Å². The smallest absolute Gasteiger partial charge is 0.426 e. The Balaban J connectivity index is 2.88. The first kappa shape index (κ1) is 10.4. The maximum Gasteiger partial charge on any atom is 0.509 e. The second kappa shape index (κ2) is 3.20. The van der Waals surface area contributed by atoms with E-state index in [1.807, 2.05) is 34.6 Å². The van der Waals surface area contributed by atoms with Crippen molar-refractivity contribution < 1.29 is 14.3 Å². The minimum absolute atomic E-state index is 0.125. The summed E-state index contributed by atoms with van der Waals surface area (Å²) in [6.45, 7) is 10.1. The molecule has 1 heterocycles. The Morgan fingerprint density at radius 3 is 2.15 bits per heavy atom. The van der Waals surface area contributed by atoms with E-state index in [2.05, 4.69) is 0 Å². The van der Waals surface area contributed by atoms with E-state index in [1.165, 1.54) is 0 Å². The standard InChI is InChI=1S/C10H18O3/c1-6(2)8-10(5,7(3)4)13-9(11)12-8/h6-8H,1-5H3/t8-,10+/m0/s1. The normalized spacial score (nSPS) is 33.8. The molecule has 0 spiro atoms. The fourth-order valence-electron chi connectivity index (χ4n) is 1.73.